The van der Waals surface area contributed by atoms with Crippen LogP contribution in [0, 0.1) is 11.3 Å². The van der Waals surface area contributed by atoms with Crippen LogP contribution in [0.2, 0.25) is 0 Å². The van der Waals surface area contributed by atoms with Crippen LogP contribution in [0.1, 0.15) is 17.5 Å². The second kappa shape index (κ2) is 3.69. The molecule has 0 aromatic heterocycles. The lowest BCUT2D eigenvalue weighted by Crippen LogP contribution is -2.30. The van der Waals surface area contributed by atoms with Gasteiger partial charge in [-0.15, -0.1) is 0 Å². The molecule has 0 fully saturated rings. The van der Waals surface area contributed by atoms with Crippen molar-refractivity contribution in [3.05, 3.63) is 29.3 Å². The Hall–Kier alpha value is -1.53. The van der Waals surface area contributed by atoms with Crippen LogP contribution in [0.3, 0.4) is 0 Å². The zero-order valence-electron chi connectivity index (χ0n) is 7.86. The minimum Gasteiger partial charge on any atom is -0.489 e. The van der Waals surface area contributed by atoms with E-state index in [0.29, 0.717) is 12.1 Å². The van der Waals surface area contributed by atoms with Gasteiger partial charge in [-0.25, -0.2) is 0 Å². The molecule has 0 spiro atoms. The van der Waals surface area contributed by atoms with Crippen LogP contribution in [-0.2, 0) is 6.42 Å². The molecule has 1 atom stereocenters. The highest BCUT2D eigenvalue weighted by Crippen LogP contribution is 2.27. The van der Waals surface area contributed by atoms with E-state index in [4.69, 9.17) is 15.7 Å². The molecule has 0 radical (unpaired) electrons. The van der Waals surface area contributed by atoms with Gasteiger partial charge >= 0.3 is 0 Å². The predicted octanol–water partition coefficient (Wildman–Crippen LogP) is 1.21. The number of nitriles is 1. The fourth-order valence-electron chi connectivity index (χ4n) is 1.68. The number of hydrogen-bond acceptors (Lipinski definition) is 3. The van der Waals surface area contributed by atoms with Crippen molar-refractivity contribution in [2.45, 2.75) is 18.9 Å². The van der Waals surface area contributed by atoms with E-state index < -0.39 is 0 Å². The van der Waals surface area contributed by atoms with Crippen LogP contribution >= 0.6 is 0 Å². The maximum Gasteiger partial charge on any atom is 0.123 e. The van der Waals surface area contributed by atoms with Crippen LogP contribution in [0.5, 0.6) is 5.75 Å². The summed E-state index contributed by atoms with van der Waals surface area (Å²) < 4.78 is 5.65. The Morgan fingerprint density at radius 3 is 3.14 bits per heavy atom. The first kappa shape index (κ1) is 9.04. The third-order valence-electron chi connectivity index (χ3n) is 2.48. The van der Waals surface area contributed by atoms with Crippen LogP contribution in [0.15, 0.2) is 18.2 Å². The number of rotatable bonds is 1. The van der Waals surface area contributed by atoms with E-state index in [2.05, 4.69) is 6.07 Å². The lowest BCUT2D eigenvalue weighted by atomic mass is 10.0. The molecule has 3 nitrogen and oxygen atoms in total. The molecule has 2 N–H and O–H groups in total. The van der Waals surface area contributed by atoms with Crippen molar-refractivity contribution in [3.8, 4) is 11.8 Å². The topological polar surface area (TPSA) is 59.0 Å². The molecule has 1 heterocycles. The summed E-state index contributed by atoms with van der Waals surface area (Å²) in [7, 11) is 0. The van der Waals surface area contributed by atoms with Crippen LogP contribution < -0.4 is 10.5 Å². The molecule has 14 heavy (non-hydrogen) atoms. The van der Waals surface area contributed by atoms with E-state index in [-0.39, 0.29) is 6.10 Å². The molecular weight excluding hydrogens is 176 g/mol. The molecule has 0 saturated heterocycles. The molecule has 1 aliphatic rings. The van der Waals surface area contributed by atoms with Gasteiger partial charge in [0.25, 0.3) is 0 Å². The van der Waals surface area contributed by atoms with Gasteiger partial charge in [0.05, 0.1) is 11.6 Å². The molecule has 3 heteroatoms. The van der Waals surface area contributed by atoms with Crippen molar-refractivity contribution in [1.82, 2.24) is 0 Å². The average Bonchev–Trinajstić information content (AvgIpc) is 2.27. The maximum absolute atomic E-state index is 8.73. The van der Waals surface area contributed by atoms with E-state index >= 15 is 0 Å². The minimum absolute atomic E-state index is 0.135. The molecule has 1 unspecified atom stereocenters. The van der Waals surface area contributed by atoms with Crippen molar-refractivity contribution in [2.75, 3.05) is 6.54 Å². The van der Waals surface area contributed by atoms with E-state index in [1.165, 1.54) is 0 Å². The summed E-state index contributed by atoms with van der Waals surface area (Å²) in [5.41, 5.74) is 7.35. The summed E-state index contributed by atoms with van der Waals surface area (Å²) in [6, 6.07) is 7.65. The number of nitrogens with zero attached hydrogens (tertiary/aromatic N) is 1. The van der Waals surface area contributed by atoms with Gasteiger partial charge in [0.15, 0.2) is 0 Å². The first-order valence-corrected chi connectivity index (χ1v) is 4.73. The first-order chi connectivity index (χ1) is 6.83. The van der Waals surface area contributed by atoms with Crippen LogP contribution in [-0.4, -0.2) is 12.6 Å². The molecule has 0 amide bonds. The highest BCUT2D eigenvalue weighted by Gasteiger charge is 2.18. The quantitative estimate of drug-likeness (QED) is 0.720. The van der Waals surface area contributed by atoms with Crippen molar-refractivity contribution in [2.24, 2.45) is 5.73 Å². The summed E-state index contributed by atoms with van der Waals surface area (Å²) in [5, 5.41) is 8.73. The predicted molar refractivity (Wildman–Crippen MR) is 52.9 cm³/mol. The molecule has 1 aromatic rings. The molecule has 72 valence electrons. The highest BCUT2D eigenvalue weighted by molar-refractivity contribution is 5.43. The molecule has 0 aliphatic carbocycles. The molecule has 0 saturated carbocycles. The van der Waals surface area contributed by atoms with Gasteiger partial charge in [-0.05, 0) is 36.6 Å². The summed E-state index contributed by atoms with van der Waals surface area (Å²) in [5.74, 6) is 0.880. The zero-order valence-corrected chi connectivity index (χ0v) is 7.86. The number of hydrogen-bond donors (Lipinski definition) is 1. The van der Waals surface area contributed by atoms with Crippen LogP contribution in [0.4, 0.5) is 0 Å². The van der Waals surface area contributed by atoms with Gasteiger partial charge in [0, 0.05) is 6.54 Å². The van der Waals surface area contributed by atoms with E-state index in [1.54, 1.807) is 6.07 Å². The number of benzene rings is 1. The van der Waals surface area contributed by atoms with Gasteiger partial charge in [-0.3, -0.25) is 0 Å². The largest absolute Gasteiger partial charge is 0.489 e. The SMILES string of the molecule is N#Cc1ccc2c(c1)CCC(CN)O2. The third-order valence-corrected chi connectivity index (χ3v) is 2.48. The Balaban J connectivity index is 2.29. The standard InChI is InChI=1S/C11H12N2O/c12-6-8-1-4-11-9(5-8)2-3-10(7-13)14-11/h1,4-5,10H,2-3,7,13H2. The molecule has 1 aliphatic heterocycles. The first-order valence-electron chi connectivity index (χ1n) is 4.73. The Kier molecular flexibility index (Phi) is 2.38. The van der Waals surface area contributed by atoms with Gasteiger partial charge in [-0.1, -0.05) is 0 Å². The summed E-state index contributed by atoms with van der Waals surface area (Å²) in [6.45, 7) is 0.555. The van der Waals surface area contributed by atoms with Gasteiger partial charge < -0.3 is 10.5 Å². The maximum atomic E-state index is 8.73. The van der Waals surface area contributed by atoms with Crippen molar-refractivity contribution in [1.29, 1.82) is 5.26 Å². The number of ether oxygens (including phenoxy) is 1. The number of fused-ring (bicyclic) bond motifs is 1. The third kappa shape index (κ3) is 1.57. The van der Waals surface area contributed by atoms with Gasteiger partial charge in [0.2, 0.25) is 0 Å². The Morgan fingerprint density at radius 2 is 2.43 bits per heavy atom. The fraction of sp³-hybridized carbons (Fsp3) is 0.364. The highest BCUT2D eigenvalue weighted by atomic mass is 16.5. The summed E-state index contributed by atoms with van der Waals surface area (Å²) in [4.78, 5) is 0. The van der Waals surface area contributed by atoms with E-state index in [1.807, 2.05) is 12.1 Å². The summed E-state index contributed by atoms with van der Waals surface area (Å²) >= 11 is 0. The number of aryl methyl sites for hydroxylation is 1. The van der Waals surface area contributed by atoms with Crippen molar-refractivity contribution < 1.29 is 4.74 Å². The fourth-order valence-corrected chi connectivity index (χ4v) is 1.68. The van der Waals surface area contributed by atoms with Gasteiger partial charge in [0.1, 0.15) is 11.9 Å². The molecule has 2 rings (SSSR count). The zero-order chi connectivity index (χ0) is 9.97. The smallest absolute Gasteiger partial charge is 0.123 e. The normalized spacial score (nSPS) is 19.3. The second-order valence-electron chi connectivity index (χ2n) is 3.45. The lowest BCUT2D eigenvalue weighted by molar-refractivity contribution is 0.181. The molecule has 0 bridgehead atoms. The lowest BCUT2D eigenvalue weighted by Gasteiger charge is -2.24. The average molecular weight is 188 g/mol. The monoisotopic (exact) mass is 188 g/mol. The van der Waals surface area contributed by atoms with Gasteiger partial charge in [-0.2, -0.15) is 5.26 Å². The van der Waals surface area contributed by atoms with Crippen molar-refractivity contribution in [3.63, 3.8) is 0 Å². The minimum atomic E-state index is 0.135. The van der Waals surface area contributed by atoms with E-state index in [9.17, 15) is 0 Å². The Bertz CT molecular complexity index is 381. The van der Waals surface area contributed by atoms with Crippen molar-refractivity contribution >= 4 is 0 Å². The molecule has 1 aromatic carbocycles. The Morgan fingerprint density at radius 1 is 1.57 bits per heavy atom. The van der Waals surface area contributed by atoms with E-state index in [0.717, 1.165) is 24.2 Å². The number of nitrogens with two attached hydrogens (primary N) is 1. The second-order valence-corrected chi connectivity index (χ2v) is 3.45. The summed E-state index contributed by atoms with van der Waals surface area (Å²) in [6.07, 6.45) is 2.03. The molecular formula is C11H12N2O. The van der Waals surface area contributed by atoms with Crippen LogP contribution in [0.25, 0.3) is 0 Å². The Labute approximate surface area is 83.1 Å².